The first-order chi connectivity index (χ1) is 10.2. The van der Waals surface area contributed by atoms with Gasteiger partial charge in [0.15, 0.2) is 0 Å². The molecule has 0 saturated carbocycles. The molecular weight excluding hydrogens is 278 g/mol. The molecule has 1 fully saturated rings. The second kappa shape index (κ2) is 8.73. The van der Waals surface area contributed by atoms with E-state index >= 15 is 0 Å². The summed E-state index contributed by atoms with van der Waals surface area (Å²) in [7, 11) is 2.19. The van der Waals surface area contributed by atoms with Crippen LogP contribution in [0.4, 0.5) is 4.79 Å². The van der Waals surface area contributed by atoms with Gasteiger partial charge in [-0.25, -0.2) is 4.79 Å². The number of likely N-dealkylation sites (N-methyl/N-ethyl adjacent to an activating group) is 1. The molecule has 1 unspecified atom stereocenters. The largest absolute Gasteiger partial charge is 0.444 e. The summed E-state index contributed by atoms with van der Waals surface area (Å²) in [5.41, 5.74) is -0.431. The molecule has 1 saturated heterocycles. The highest BCUT2D eigenvalue weighted by Crippen LogP contribution is 2.19. The van der Waals surface area contributed by atoms with Crippen molar-refractivity contribution in [2.24, 2.45) is 5.92 Å². The first-order valence-electron chi connectivity index (χ1n) is 8.62. The van der Waals surface area contributed by atoms with Gasteiger partial charge in [-0.3, -0.25) is 0 Å². The Balaban J connectivity index is 2.30. The van der Waals surface area contributed by atoms with Gasteiger partial charge in [0.1, 0.15) is 5.60 Å². The van der Waals surface area contributed by atoms with Gasteiger partial charge in [0.25, 0.3) is 0 Å². The zero-order valence-corrected chi connectivity index (χ0v) is 15.3. The lowest BCUT2D eigenvalue weighted by Gasteiger charge is -2.33. The summed E-state index contributed by atoms with van der Waals surface area (Å²) in [6, 6.07) is 0.506. The Morgan fingerprint density at radius 3 is 2.45 bits per heavy atom. The Morgan fingerprint density at radius 1 is 1.36 bits per heavy atom. The molecule has 0 bridgehead atoms. The molecule has 0 aliphatic carbocycles. The van der Waals surface area contributed by atoms with E-state index < -0.39 is 5.60 Å². The van der Waals surface area contributed by atoms with Gasteiger partial charge in [0.2, 0.25) is 0 Å². The molecule has 1 N–H and O–H groups in total. The first-order valence-corrected chi connectivity index (χ1v) is 8.62. The Morgan fingerprint density at radius 2 is 1.95 bits per heavy atom. The highest BCUT2D eigenvalue weighted by Gasteiger charge is 2.23. The van der Waals surface area contributed by atoms with Crippen molar-refractivity contribution >= 4 is 6.09 Å². The summed E-state index contributed by atoms with van der Waals surface area (Å²) in [6.07, 6.45) is 2.30. The second-order valence-corrected chi connectivity index (χ2v) is 7.44. The molecule has 0 aromatic heterocycles. The van der Waals surface area contributed by atoms with Crippen LogP contribution in [0.15, 0.2) is 0 Å². The normalized spacial score (nSPS) is 19.0. The molecule has 22 heavy (non-hydrogen) atoms. The molecule has 0 radical (unpaired) electrons. The van der Waals surface area contributed by atoms with E-state index in [-0.39, 0.29) is 6.09 Å². The molecule has 5 heteroatoms. The molecule has 1 atom stereocenters. The van der Waals surface area contributed by atoms with Crippen molar-refractivity contribution in [1.82, 2.24) is 15.1 Å². The van der Waals surface area contributed by atoms with Crippen LogP contribution in [0.1, 0.15) is 47.5 Å². The third-order valence-electron chi connectivity index (χ3n) is 4.35. The fourth-order valence-electron chi connectivity index (χ4n) is 2.83. The zero-order chi connectivity index (χ0) is 16.8. The Bertz CT molecular complexity index is 333. The van der Waals surface area contributed by atoms with Crippen molar-refractivity contribution in [3.05, 3.63) is 0 Å². The van der Waals surface area contributed by atoms with E-state index in [9.17, 15) is 4.79 Å². The maximum Gasteiger partial charge on any atom is 0.410 e. The SMILES string of the molecule is CCN(CCNC(C)C1CCN(C)CC1)C(=O)OC(C)(C)C. The third kappa shape index (κ3) is 6.97. The molecule has 1 aliphatic heterocycles. The Labute approximate surface area is 136 Å². The van der Waals surface area contributed by atoms with E-state index in [1.807, 2.05) is 27.7 Å². The highest BCUT2D eigenvalue weighted by molar-refractivity contribution is 5.68. The van der Waals surface area contributed by atoms with Crippen LogP contribution in [0.5, 0.6) is 0 Å². The smallest absolute Gasteiger partial charge is 0.410 e. The summed E-state index contributed by atoms with van der Waals surface area (Å²) < 4.78 is 5.43. The second-order valence-electron chi connectivity index (χ2n) is 7.44. The van der Waals surface area contributed by atoms with E-state index in [2.05, 4.69) is 24.2 Å². The van der Waals surface area contributed by atoms with Crippen LogP contribution in [0.25, 0.3) is 0 Å². The van der Waals surface area contributed by atoms with Crippen LogP contribution < -0.4 is 5.32 Å². The van der Waals surface area contributed by atoms with Crippen molar-refractivity contribution in [3.8, 4) is 0 Å². The van der Waals surface area contributed by atoms with E-state index in [1.54, 1.807) is 4.90 Å². The predicted octanol–water partition coefficient (Wildman–Crippen LogP) is 2.56. The number of nitrogens with one attached hydrogen (secondary N) is 1. The van der Waals surface area contributed by atoms with Crippen molar-refractivity contribution in [2.75, 3.05) is 39.8 Å². The summed E-state index contributed by atoms with van der Waals surface area (Å²) in [4.78, 5) is 16.2. The summed E-state index contributed by atoms with van der Waals surface area (Å²) in [5, 5.41) is 3.58. The number of hydrogen-bond acceptors (Lipinski definition) is 4. The third-order valence-corrected chi connectivity index (χ3v) is 4.35. The Hall–Kier alpha value is -0.810. The van der Waals surface area contributed by atoms with Crippen molar-refractivity contribution in [1.29, 1.82) is 0 Å². The van der Waals surface area contributed by atoms with Gasteiger partial charge >= 0.3 is 6.09 Å². The maximum absolute atomic E-state index is 12.1. The van der Waals surface area contributed by atoms with E-state index in [4.69, 9.17) is 4.74 Å². The number of nitrogens with zero attached hydrogens (tertiary/aromatic N) is 2. The molecule has 0 aromatic carbocycles. The van der Waals surface area contributed by atoms with E-state index in [1.165, 1.54) is 25.9 Å². The number of likely N-dealkylation sites (tertiary alicyclic amines) is 1. The van der Waals surface area contributed by atoms with Crippen LogP contribution in [0.2, 0.25) is 0 Å². The van der Waals surface area contributed by atoms with Gasteiger partial charge in [0.05, 0.1) is 0 Å². The summed E-state index contributed by atoms with van der Waals surface area (Å²) >= 11 is 0. The molecular formula is C17H35N3O2. The number of carbonyl (C=O) groups excluding carboxylic acids is 1. The standard InChI is InChI=1S/C17H35N3O2/c1-7-20(16(21)22-17(3,4)5)13-10-18-14(2)15-8-11-19(6)12-9-15/h14-15,18H,7-13H2,1-6H3. The van der Waals surface area contributed by atoms with Gasteiger partial charge in [0, 0.05) is 25.7 Å². The molecule has 0 spiro atoms. The van der Waals surface area contributed by atoms with E-state index in [0.29, 0.717) is 19.1 Å². The average Bonchev–Trinajstić information content (AvgIpc) is 2.42. The maximum atomic E-state index is 12.1. The molecule has 1 heterocycles. The number of carbonyl (C=O) groups is 1. The summed E-state index contributed by atoms with van der Waals surface area (Å²) in [6.45, 7) is 14.5. The molecule has 1 amide bonds. The van der Waals surface area contributed by atoms with Crippen LogP contribution in [0, 0.1) is 5.92 Å². The van der Waals surface area contributed by atoms with Crippen LogP contribution in [-0.4, -0.2) is 67.3 Å². The predicted molar refractivity (Wildman–Crippen MR) is 91.2 cm³/mol. The van der Waals surface area contributed by atoms with Crippen molar-refractivity contribution in [3.63, 3.8) is 0 Å². The van der Waals surface area contributed by atoms with E-state index in [0.717, 1.165) is 12.5 Å². The number of hydrogen-bond donors (Lipinski definition) is 1. The highest BCUT2D eigenvalue weighted by atomic mass is 16.6. The average molecular weight is 313 g/mol. The first kappa shape index (κ1) is 19.2. The Kier molecular flexibility index (Phi) is 7.63. The molecule has 1 aliphatic rings. The lowest BCUT2D eigenvalue weighted by atomic mass is 9.90. The van der Waals surface area contributed by atoms with Gasteiger partial charge in [-0.1, -0.05) is 0 Å². The van der Waals surface area contributed by atoms with Crippen molar-refractivity contribution < 1.29 is 9.53 Å². The molecule has 0 aromatic rings. The van der Waals surface area contributed by atoms with Gasteiger partial charge < -0.3 is 19.9 Å². The fourth-order valence-corrected chi connectivity index (χ4v) is 2.83. The van der Waals surface area contributed by atoms with Gasteiger partial charge in [-0.15, -0.1) is 0 Å². The minimum Gasteiger partial charge on any atom is -0.444 e. The molecule has 5 nitrogen and oxygen atoms in total. The van der Waals surface area contributed by atoms with Gasteiger partial charge in [-0.05, 0) is 73.5 Å². The number of piperidine rings is 1. The lowest BCUT2D eigenvalue weighted by Crippen LogP contribution is -2.45. The quantitative estimate of drug-likeness (QED) is 0.818. The van der Waals surface area contributed by atoms with Crippen molar-refractivity contribution in [2.45, 2.75) is 59.1 Å². The van der Waals surface area contributed by atoms with Crippen LogP contribution >= 0.6 is 0 Å². The molecule has 1 rings (SSSR count). The number of amides is 1. The van der Waals surface area contributed by atoms with Crippen LogP contribution in [-0.2, 0) is 4.74 Å². The lowest BCUT2D eigenvalue weighted by molar-refractivity contribution is 0.0259. The number of ether oxygens (including phenoxy) is 1. The monoisotopic (exact) mass is 313 g/mol. The van der Waals surface area contributed by atoms with Crippen LogP contribution in [0.3, 0.4) is 0 Å². The fraction of sp³-hybridized carbons (Fsp3) is 0.941. The summed E-state index contributed by atoms with van der Waals surface area (Å²) in [5.74, 6) is 0.743. The zero-order valence-electron chi connectivity index (χ0n) is 15.3. The van der Waals surface area contributed by atoms with Gasteiger partial charge in [-0.2, -0.15) is 0 Å². The number of rotatable bonds is 6. The minimum absolute atomic E-state index is 0.219. The minimum atomic E-state index is -0.431. The topological polar surface area (TPSA) is 44.8 Å². The molecule has 130 valence electrons.